The molecule has 0 aromatic carbocycles. The Morgan fingerprint density at radius 2 is 1.67 bits per heavy atom. The molecule has 0 spiro atoms. The summed E-state index contributed by atoms with van der Waals surface area (Å²) in [6.45, 7) is 1.16. The van der Waals surface area contributed by atoms with Crippen LogP contribution in [0.1, 0.15) is 34.8 Å². The first-order valence-electron chi connectivity index (χ1n) is 6.05. The molecular weight excluding hydrogens is 280 g/mol. The summed E-state index contributed by atoms with van der Waals surface area (Å²) in [6.07, 6.45) is 0.595. The van der Waals surface area contributed by atoms with Crippen molar-refractivity contribution < 1.29 is 33.4 Å². The molecule has 114 valence electrons. The molecule has 2 N–H and O–H groups in total. The molecule has 2 rings (SSSR count). The summed E-state index contributed by atoms with van der Waals surface area (Å²) in [4.78, 5) is 20.5. The van der Waals surface area contributed by atoms with Gasteiger partial charge in [-0.25, -0.2) is 0 Å². The van der Waals surface area contributed by atoms with Gasteiger partial charge in [0, 0.05) is 6.92 Å². The average molecular weight is 296 g/mol. The fourth-order valence-corrected chi connectivity index (χ4v) is 1.30. The standard InChI is InChI=1S/C8H8O4.C6H8O3/c1-6(10)11-5-8-3-2-7(4-9)12-8;7-3-5-1-2-6(4-8)9-5/h2-4H,5H2,1H3;1-2,7-8H,3-4H2. The highest BCUT2D eigenvalue weighted by Gasteiger charge is 2.01. The van der Waals surface area contributed by atoms with Crippen molar-refractivity contribution in [1.82, 2.24) is 0 Å². The number of hydrogen-bond donors (Lipinski definition) is 2. The molecule has 7 nitrogen and oxygen atoms in total. The second kappa shape index (κ2) is 8.72. The molecule has 0 radical (unpaired) electrons. The van der Waals surface area contributed by atoms with E-state index in [0.717, 1.165) is 0 Å². The van der Waals surface area contributed by atoms with Gasteiger partial charge in [-0.1, -0.05) is 0 Å². The van der Waals surface area contributed by atoms with E-state index in [9.17, 15) is 9.59 Å². The lowest BCUT2D eigenvalue weighted by Crippen LogP contribution is -1.97. The molecule has 2 aromatic heterocycles. The Kier molecular flexibility index (Phi) is 6.93. The Morgan fingerprint density at radius 3 is 2.05 bits per heavy atom. The number of hydrogen-bond acceptors (Lipinski definition) is 7. The quantitative estimate of drug-likeness (QED) is 0.634. The number of ether oxygens (including phenoxy) is 1. The van der Waals surface area contributed by atoms with Crippen LogP contribution < -0.4 is 0 Å². The van der Waals surface area contributed by atoms with Gasteiger partial charge in [-0.15, -0.1) is 0 Å². The maximum Gasteiger partial charge on any atom is 0.303 e. The first-order chi connectivity index (χ1) is 10.1. The Balaban J connectivity index is 0.000000219. The van der Waals surface area contributed by atoms with Gasteiger partial charge >= 0.3 is 5.97 Å². The number of esters is 1. The molecule has 0 fully saturated rings. The zero-order valence-corrected chi connectivity index (χ0v) is 11.4. The summed E-state index contributed by atoms with van der Waals surface area (Å²) in [6, 6.07) is 6.37. The lowest BCUT2D eigenvalue weighted by Gasteiger charge is -1.96. The summed E-state index contributed by atoms with van der Waals surface area (Å²) in [5, 5.41) is 16.9. The molecule has 0 saturated heterocycles. The molecule has 0 bridgehead atoms. The van der Waals surface area contributed by atoms with Crippen molar-refractivity contribution in [3.8, 4) is 0 Å². The third-order valence-electron chi connectivity index (χ3n) is 2.25. The molecule has 7 heteroatoms. The predicted molar refractivity (Wildman–Crippen MR) is 70.1 cm³/mol. The van der Waals surface area contributed by atoms with Crippen molar-refractivity contribution in [1.29, 1.82) is 0 Å². The van der Waals surface area contributed by atoms with Gasteiger partial charge in [0.2, 0.25) is 0 Å². The highest BCUT2D eigenvalue weighted by molar-refractivity contribution is 5.70. The number of rotatable bonds is 5. The molecule has 21 heavy (non-hydrogen) atoms. The van der Waals surface area contributed by atoms with E-state index in [0.29, 0.717) is 23.6 Å². The number of furan rings is 2. The second-order valence-corrected chi connectivity index (χ2v) is 3.89. The predicted octanol–water partition coefficient (Wildman–Crippen LogP) is 1.42. The van der Waals surface area contributed by atoms with Crippen LogP contribution in [0.4, 0.5) is 0 Å². The lowest BCUT2D eigenvalue weighted by molar-refractivity contribution is -0.142. The fraction of sp³-hybridized carbons (Fsp3) is 0.286. The Bertz CT molecular complexity index is 549. The molecule has 2 aromatic rings. The van der Waals surface area contributed by atoms with Crippen molar-refractivity contribution in [3.63, 3.8) is 0 Å². The molecule has 2 heterocycles. The number of carbonyl (C=O) groups is 2. The van der Waals surface area contributed by atoms with Gasteiger partial charge in [-0.3, -0.25) is 9.59 Å². The second-order valence-electron chi connectivity index (χ2n) is 3.89. The van der Waals surface area contributed by atoms with Crippen molar-refractivity contribution in [2.45, 2.75) is 26.7 Å². The normalized spacial score (nSPS) is 9.67. The summed E-state index contributed by atoms with van der Waals surface area (Å²) in [5.74, 6) is 1.29. The van der Waals surface area contributed by atoms with Gasteiger partial charge in [0.25, 0.3) is 0 Å². The summed E-state index contributed by atoms with van der Waals surface area (Å²) < 4.78 is 14.5. The van der Waals surface area contributed by atoms with E-state index >= 15 is 0 Å². The maximum absolute atomic E-state index is 10.4. The van der Waals surface area contributed by atoms with E-state index < -0.39 is 0 Å². The smallest absolute Gasteiger partial charge is 0.303 e. The Labute approximate surface area is 120 Å². The minimum Gasteiger partial charge on any atom is -0.461 e. The topological polar surface area (TPSA) is 110 Å². The highest BCUT2D eigenvalue weighted by atomic mass is 16.5. The molecule has 0 unspecified atom stereocenters. The SMILES string of the molecule is CC(=O)OCc1ccc(C=O)o1.OCc1ccc(CO)o1. The number of carbonyl (C=O) groups excluding carboxylic acids is 2. The van der Waals surface area contributed by atoms with E-state index in [2.05, 4.69) is 4.74 Å². The van der Waals surface area contributed by atoms with E-state index in [4.69, 9.17) is 19.0 Å². The largest absolute Gasteiger partial charge is 0.461 e. The Morgan fingerprint density at radius 1 is 1.10 bits per heavy atom. The fourth-order valence-electron chi connectivity index (χ4n) is 1.30. The average Bonchev–Trinajstić information content (AvgIpc) is 3.14. The minimum absolute atomic E-state index is 0.0726. The first-order valence-corrected chi connectivity index (χ1v) is 6.05. The zero-order valence-electron chi connectivity index (χ0n) is 11.4. The van der Waals surface area contributed by atoms with Gasteiger partial charge < -0.3 is 23.8 Å². The van der Waals surface area contributed by atoms with Gasteiger partial charge in [-0.05, 0) is 24.3 Å². The van der Waals surface area contributed by atoms with Gasteiger partial charge in [0.05, 0.1) is 0 Å². The van der Waals surface area contributed by atoms with E-state index in [1.165, 1.54) is 13.0 Å². The van der Waals surface area contributed by atoms with E-state index in [1.807, 2.05) is 0 Å². The van der Waals surface area contributed by atoms with Crippen molar-refractivity contribution >= 4 is 12.3 Å². The molecule has 0 aliphatic rings. The third-order valence-corrected chi connectivity index (χ3v) is 2.25. The zero-order chi connectivity index (χ0) is 15.7. The van der Waals surface area contributed by atoms with Crippen LogP contribution in [-0.4, -0.2) is 22.5 Å². The highest BCUT2D eigenvalue weighted by Crippen LogP contribution is 2.07. The Hall–Kier alpha value is -2.38. The van der Waals surface area contributed by atoms with Crippen LogP contribution in [-0.2, 0) is 29.4 Å². The van der Waals surface area contributed by atoms with Crippen LogP contribution in [0.25, 0.3) is 0 Å². The molecular formula is C14H16O7. The van der Waals surface area contributed by atoms with Crippen LogP contribution in [0, 0.1) is 0 Å². The lowest BCUT2D eigenvalue weighted by atomic mass is 10.4. The van der Waals surface area contributed by atoms with Crippen LogP contribution in [0.2, 0.25) is 0 Å². The number of aldehydes is 1. The molecule has 0 saturated carbocycles. The molecule has 0 amide bonds. The van der Waals surface area contributed by atoms with Crippen molar-refractivity contribution in [2.75, 3.05) is 0 Å². The first kappa shape index (κ1) is 16.7. The molecule has 0 aliphatic heterocycles. The summed E-state index contributed by atoms with van der Waals surface area (Å²) in [5.41, 5.74) is 0. The van der Waals surface area contributed by atoms with E-state index in [-0.39, 0.29) is 31.6 Å². The van der Waals surface area contributed by atoms with Crippen LogP contribution >= 0.6 is 0 Å². The number of aliphatic hydroxyl groups is 2. The van der Waals surface area contributed by atoms with E-state index in [1.54, 1.807) is 18.2 Å². The third kappa shape index (κ3) is 6.07. The minimum atomic E-state index is -0.376. The van der Waals surface area contributed by atoms with Crippen molar-refractivity contribution in [3.05, 3.63) is 47.3 Å². The molecule has 0 aliphatic carbocycles. The monoisotopic (exact) mass is 296 g/mol. The van der Waals surface area contributed by atoms with Crippen LogP contribution in [0.15, 0.2) is 33.1 Å². The molecule has 0 atom stereocenters. The van der Waals surface area contributed by atoms with Gasteiger partial charge in [0.1, 0.15) is 37.1 Å². The number of aliphatic hydroxyl groups excluding tert-OH is 2. The van der Waals surface area contributed by atoms with Crippen LogP contribution in [0.3, 0.4) is 0 Å². The van der Waals surface area contributed by atoms with Gasteiger partial charge in [-0.2, -0.15) is 0 Å². The van der Waals surface area contributed by atoms with Crippen LogP contribution in [0.5, 0.6) is 0 Å². The van der Waals surface area contributed by atoms with Crippen molar-refractivity contribution in [2.24, 2.45) is 0 Å². The summed E-state index contributed by atoms with van der Waals surface area (Å²) >= 11 is 0. The maximum atomic E-state index is 10.4. The summed E-state index contributed by atoms with van der Waals surface area (Å²) in [7, 11) is 0. The van der Waals surface area contributed by atoms with Gasteiger partial charge in [0.15, 0.2) is 12.0 Å².